The molecule has 0 aliphatic heterocycles. The molecule has 74 valence electrons. The second kappa shape index (κ2) is 2.77. The van der Waals surface area contributed by atoms with Crippen LogP contribution >= 0.6 is 0 Å². The van der Waals surface area contributed by atoms with Gasteiger partial charge >= 0.3 is 0 Å². The normalized spacial score (nSPS) is 12.2. The number of fused-ring (bicyclic) bond motifs is 1. The van der Waals surface area contributed by atoms with E-state index in [0.717, 1.165) is 11.3 Å². The minimum atomic E-state index is 0.0870. The number of para-hydroxylation sites is 1. The van der Waals surface area contributed by atoms with E-state index in [1.165, 1.54) is 10.9 Å². The molecule has 0 aliphatic carbocycles. The van der Waals surface area contributed by atoms with Gasteiger partial charge in [0.2, 0.25) is 0 Å². The third-order valence-electron chi connectivity index (χ3n) is 2.49. The summed E-state index contributed by atoms with van der Waals surface area (Å²) in [7, 11) is 0. The molecule has 2 aromatic rings. The number of nitrogen functional groups attached to an aromatic ring is 1. The van der Waals surface area contributed by atoms with Gasteiger partial charge in [-0.1, -0.05) is 39.0 Å². The smallest absolute Gasteiger partial charge is 0.105 e. The second-order valence-electron chi connectivity index (χ2n) is 4.71. The van der Waals surface area contributed by atoms with Crippen molar-refractivity contribution >= 4 is 16.7 Å². The molecule has 1 aromatic carbocycles. The summed E-state index contributed by atoms with van der Waals surface area (Å²) < 4.78 is 0. The molecule has 0 radical (unpaired) electrons. The van der Waals surface area contributed by atoms with E-state index in [0.29, 0.717) is 0 Å². The van der Waals surface area contributed by atoms with Crippen molar-refractivity contribution in [2.24, 2.45) is 0 Å². The molecule has 0 aliphatic rings. The molecule has 0 bridgehead atoms. The number of anilines is 1. The molecular formula is C12H16N2. The van der Waals surface area contributed by atoms with Gasteiger partial charge in [0.05, 0.1) is 0 Å². The number of hydrogen-bond donors (Lipinski definition) is 2. The summed E-state index contributed by atoms with van der Waals surface area (Å²) in [6.07, 6.45) is 0. The van der Waals surface area contributed by atoms with E-state index in [1.807, 2.05) is 12.1 Å². The highest BCUT2D eigenvalue weighted by atomic mass is 14.9. The van der Waals surface area contributed by atoms with Gasteiger partial charge in [-0.25, -0.2) is 0 Å². The predicted octanol–water partition coefficient (Wildman–Crippen LogP) is 3.05. The minimum Gasteiger partial charge on any atom is -0.385 e. The van der Waals surface area contributed by atoms with Gasteiger partial charge in [-0.2, -0.15) is 0 Å². The van der Waals surface area contributed by atoms with Crippen LogP contribution in [0.25, 0.3) is 10.9 Å². The maximum Gasteiger partial charge on any atom is 0.105 e. The summed E-state index contributed by atoms with van der Waals surface area (Å²) in [6.45, 7) is 6.54. The molecular weight excluding hydrogens is 172 g/mol. The molecule has 3 N–H and O–H groups in total. The summed E-state index contributed by atoms with van der Waals surface area (Å²) in [5, 5.41) is 1.23. The lowest BCUT2D eigenvalue weighted by Crippen LogP contribution is -2.12. The van der Waals surface area contributed by atoms with Gasteiger partial charge in [0.25, 0.3) is 0 Å². The standard InChI is InChI=1S/C12H16N2/c1-12(2,3)10-8-6-4-5-7-9(8)14-11(10)13/h4-7,14H,13H2,1-3H3. The van der Waals surface area contributed by atoms with Crippen molar-refractivity contribution in [3.8, 4) is 0 Å². The first-order chi connectivity index (χ1) is 6.50. The van der Waals surface area contributed by atoms with Crippen LogP contribution in [0.15, 0.2) is 24.3 Å². The Kier molecular flexibility index (Phi) is 1.81. The van der Waals surface area contributed by atoms with E-state index in [1.54, 1.807) is 0 Å². The quantitative estimate of drug-likeness (QED) is 0.655. The van der Waals surface area contributed by atoms with Crippen molar-refractivity contribution < 1.29 is 0 Å². The molecule has 0 saturated carbocycles. The Morgan fingerprint density at radius 1 is 1.14 bits per heavy atom. The number of hydrogen-bond acceptors (Lipinski definition) is 1. The summed E-state index contributed by atoms with van der Waals surface area (Å²) in [6, 6.07) is 8.24. The van der Waals surface area contributed by atoms with Gasteiger partial charge in [0, 0.05) is 16.5 Å². The summed E-state index contributed by atoms with van der Waals surface area (Å²) >= 11 is 0. The van der Waals surface area contributed by atoms with E-state index < -0.39 is 0 Å². The van der Waals surface area contributed by atoms with Gasteiger partial charge in [0.1, 0.15) is 5.82 Å². The molecule has 2 heteroatoms. The Labute approximate surface area is 84.1 Å². The van der Waals surface area contributed by atoms with Crippen LogP contribution in [-0.4, -0.2) is 4.98 Å². The van der Waals surface area contributed by atoms with E-state index >= 15 is 0 Å². The van der Waals surface area contributed by atoms with Crippen LogP contribution in [0.2, 0.25) is 0 Å². The molecule has 0 atom stereocenters. The number of H-pyrrole nitrogens is 1. The summed E-state index contributed by atoms with van der Waals surface area (Å²) in [5.41, 5.74) is 8.41. The zero-order chi connectivity index (χ0) is 10.3. The topological polar surface area (TPSA) is 41.8 Å². The highest BCUT2D eigenvalue weighted by molar-refractivity contribution is 5.89. The third kappa shape index (κ3) is 1.27. The average Bonchev–Trinajstić information content (AvgIpc) is 2.38. The third-order valence-corrected chi connectivity index (χ3v) is 2.49. The van der Waals surface area contributed by atoms with Crippen molar-refractivity contribution in [1.29, 1.82) is 0 Å². The number of nitrogens with one attached hydrogen (secondary N) is 1. The molecule has 0 fully saturated rings. The lowest BCUT2D eigenvalue weighted by Gasteiger charge is -2.18. The Morgan fingerprint density at radius 2 is 1.79 bits per heavy atom. The van der Waals surface area contributed by atoms with E-state index in [9.17, 15) is 0 Å². The predicted molar refractivity (Wildman–Crippen MR) is 61.4 cm³/mol. The molecule has 1 heterocycles. The molecule has 2 rings (SSSR count). The Bertz CT molecular complexity index is 461. The molecule has 2 nitrogen and oxygen atoms in total. The Hall–Kier alpha value is -1.44. The van der Waals surface area contributed by atoms with Gasteiger partial charge in [-0.3, -0.25) is 0 Å². The fraction of sp³-hybridized carbons (Fsp3) is 0.333. The van der Waals surface area contributed by atoms with Crippen LogP contribution in [0.5, 0.6) is 0 Å². The first-order valence-electron chi connectivity index (χ1n) is 4.87. The van der Waals surface area contributed by atoms with Crippen LogP contribution in [0, 0.1) is 0 Å². The van der Waals surface area contributed by atoms with Gasteiger partial charge in [0.15, 0.2) is 0 Å². The van der Waals surface area contributed by atoms with Gasteiger partial charge < -0.3 is 10.7 Å². The van der Waals surface area contributed by atoms with Gasteiger partial charge in [-0.05, 0) is 11.5 Å². The largest absolute Gasteiger partial charge is 0.385 e. The minimum absolute atomic E-state index is 0.0870. The van der Waals surface area contributed by atoms with Crippen molar-refractivity contribution in [1.82, 2.24) is 4.98 Å². The molecule has 0 saturated heterocycles. The van der Waals surface area contributed by atoms with Crippen LogP contribution in [0.3, 0.4) is 0 Å². The number of rotatable bonds is 0. The average molecular weight is 188 g/mol. The van der Waals surface area contributed by atoms with E-state index in [-0.39, 0.29) is 5.41 Å². The number of nitrogens with two attached hydrogens (primary N) is 1. The highest BCUT2D eigenvalue weighted by Crippen LogP contribution is 2.34. The maximum atomic E-state index is 5.98. The van der Waals surface area contributed by atoms with Crippen LogP contribution in [0.1, 0.15) is 26.3 Å². The van der Waals surface area contributed by atoms with Crippen molar-refractivity contribution in [3.05, 3.63) is 29.8 Å². The maximum absolute atomic E-state index is 5.98. The number of aromatic nitrogens is 1. The highest BCUT2D eigenvalue weighted by Gasteiger charge is 2.21. The van der Waals surface area contributed by atoms with Crippen LogP contribution < -0.4 is 5.73 Å². The van der Waals surface area contributed by atoms with Crippen molar-refractivity contribution in [2.75, 3.05) is 5.73 Å². The number of aromatic amines is 1. The zero-order valence-corrected chi connectivity index (χ0v) is 8.89. The summed E-state index contributed by atoms with van der Waals surface area (Å²) in [5.74, 6) is 0.790. The Morgan fingerprint density at radius 3 is 2.43 bits per heavy atom. The first kappa shape index (κ1) is 9.13. The molecule has 0 unspecified atom stereocenters. The lowest BCUT2D eigenvalue weighted by atomic mass is 9.86. The summed E-state index contributed by atoms with van der Waals surface area (Å²) in [4.78, 5) is 3.21. The Balaban J connectivity index is 2.81. The second-order valence-corrected chi connectivity index (χ2v) is 4.71. The number of benzene rings is 1. The molecule has 0 spiro atoms. The zero-order valence-electron chi connectivity index (χ0n) is 8.89. The van der Waals surface area contributed by atoms with E-state index in [4.69, 9.17) is 5.73 Å². The fourth-order valence-electron chi connectivity index (χ4n) is 1.97. The lowest BCUT2D eigenvalue weighted by molar-refractivity contribution is 0.598. The molecule has 0 amide bonds. The van der Waals surface area contributed by atoms with Crippen molar-refractivity contribution in [3.63, 3.8) is 0 Å². The fourth-order valence-corrected chi connectivity index (χ4v) is 1.97. The van der Waals surface area contributed by atoms with Crippen LogP contribution in [-0.2, 0) is 5.41 Å². The first-order valence-corrected chi connectivity index (χ1v) is 4.87. The van der Waals surface area contributed by atoms with Crippen LogP contribution in [0.4, 0.5) is 5.82 Å². The molecule has 1 aromatic heterocycles. The van der Waals surface area contributed by atoms with E-state index in [2.05, 4.69) is 37.9 Å². The van der Waals surface area contributed by atoms with Gasteiger partial charge in [-0.15, -0.1) is 0 Å². The molecule has 14 heavy (non-hydrogen) atoms. The SMILES string of the molecule is CC(C)(C)c1c(N)[nH]c2ccccc12. The van der Waals surface area contributed by atoms with Crippen molar-refractivity contribution in [2.45, 2.75) is 26.2 Å². The monoisotopic (exact) mass is 188 g/mol.